The van der Waals surface area contributed by atoms with Gasteiger partial charge in [0.2, 0.25) is 0 Å². The molecular weight excluding hydrogens is 232 g/mol. The van der Waals surface area contributed by atoms with E-state index < -0.39 is 0 Å². The van der Waals surface area contributed by atoms with Crippen molar-refractivity contribution < 1.29 is 4.74 Å². The molecule has 1 saturated heterocycles. The highest BCUT2D eigenvalue weighted by Gasteiger charge is 2.21. The summed E-state index contributed by atoms with van der Waals surface area (Å²) in [6.07, 6.45) is 0. The normalized spacial score (nSPS) is 20.4. The molecule has 2 rings (SSSR count). The number of anilines is 2. The lowest BCUT2D eigenvalue weighted by atomic mass is 10.2. The third-order valence-corrected chi connectivity index (χ3v) is 4.21. The Morgan fingerprint density at radius 1 is 1.53 bits per heavy atom. The summed E-state index contributed by atoms with van der Waals surface area (Å²) in [7, 11) is 0. The molecule has 3 nitrogen and oxygen atoms in total. The van der Waals surface area contributed by atoms with Gasteiger partial charge in [0.15, 0.2) is 0 Å². The van der Waals surface area contributed by atoms with Gasteiger partial charge in [-0.2, -0.15) is 11.8 Å². The molecule has 0 bridgehead atoms. The molecule has 1 atom stereocenters. The highest BCUT2D eigenvalue weighted by atomic mass is 32.2. The van der Waals surface area contributed by atoms with Crippen LogP contribution in [-0.4, -0.2) is 30.7 Å². The van der Waals surface area contributed by atoms with Crippen LogP contribution >= 0.6 is 11.8 Å². The standard InChI is InChI=1S/C13H20N2OS/c1-3-16-12-6-4-5-11(13(12)14)15-7-8-17-9-10(15)2/h4-6,10H,3,7-9,14H2,1-2H3. The first-order valence-corrected chi connectivity index (χ1v) is 7.25. The zero-order valence-corrected chi connectivity index (χ0v) is 11.3. The fraction of sp³-hybridized carbons (Fsp3) is 0.538. The average molecular weight is 252 g/mol. The molecule has 17 heavy (non-hydrogen) atoms. The van der Waals surface area contributed by atoms with Gasteiger partial charge in [0.05, 0.1) is 18.0 Å². The summed E-state index contributed by atoms with van der Waals surface area (Å²) in [6.45, 7) is 5.94. The molecule has 0 aromatic heterocycles. The Morgan fingerprint density at radius 3 is 3.06 bits per heavy atom. The highest BCUT2D eigenvalue weighted by Crippen LogP contribution is 2.35. The third kappa shape index (κ3) is 2.63. The zero-order valence-electron chi connectivity index (χ0n) is 10.5. The van der Waals surface area contributed by atoms with Gasteiger partial charge in [-0.25, -0.2) is 0 Å². The van der Waals surface area contributed by atoms with Gasteiger partial charge in [0, 0.05) is 24.1 Å². The molecule has 1 heterocycles. The molecule has 1 aliphatic heterocycles. The first-order chi connectivity index (χ1) is 8.24. The van der Waals surface area contributed by atoms with Crippen molar-refractivity contribution in [2.75, 3.05) is 35.3 Å². The number of nitrogens with zero attached hydrogens (tertiary/aromatic N) is 1. The van der Waals surface area contributed by atoms with Crippen LogP contribution in [0.1, 0.15) is 13.8 Å². The molecule has 0 saturated carbocycles. The van der Waals surface area contributed by atoms with E-state index >= 15 is 0 Å². The number of para-hydroxylation sites is 1. The lowest BCUT2D eigenvalue weighted by Crippen LogP contribution is -2.40. The quantitative estimate of drug-likeness (QED) is 0.839. The van der Waals surface area contributed by atoms with Crippen LogP contribution in [0.5, 0.6) is 5.75 Å². The summed E-state index contributed by atoms with van der Waals surface area (Å²) in [5, 5.41) is 0. The van der Waals surface area contributed by atoms with Crippen molar-refractivity contribution in [1.29, 1.82) is 0 Å². The molecule has 1 aromatic carbocycles. The SMILES string of the molecule is CCOc1cccc(N2CCSCC2C)c1N. The van der Waals surface area contributed by atoms with E-state index in [1.54, 1.807) is 0 Å². The maximum atomic E-state index is 6.19. The molecule has 1 fully saturated rings. The Bertz CT molecular complexity index is 384. The molecule has 94 valence electrons. The van der Waals surface area contributed by atoms with Gasteiger partial charge in [-0.15, -0.1) is 0 Å². The van der Waals surface area contributed by atoms with E-state index in [0.29, 0.717) is 12.6 Å². The van der Waals surface area contributed by atoms with Crippen molar-refractivity contribution >= 4 is 23.1 Å². The van der Waals surface area contributed by atoms with Crippen LogP contribution in [0.15, 0.2) is 18.2 Å². The Kier molecular flexibility index (Phi) is 4.05. The molecule has 0 spiro atoms. The fourth-order valence-corrected chi connectivity index (χ4v) is 3.16. The fourth-order valence-electron chi connectivity index (χ4n) is 2.15. The summed E-state index contributed by atoms with van der Waals surface area (Å²) in [5.41, 5.74) is 8.07. The Hall–Kier alpha value is -1.03. The minimum atomic E-state index is 0.535. The topological polar surface area (TPSA) is 38.5 Å². The molecule has 0 aliphatic carbocycles. The Morgan fingerprint density at radius 2 is 2.35 bits per heavy atom. The van der Waals surface area contributed by atoms with Crippen molar-refractivity contribution in [3.8, 4) is 5.75 Å². The molecule has 4 heteroatoms. The van der Waals surface area contributed by atoms with E-state index in [1.807, 2.05) is 30.8 Å². The predicted octanol–water partition coefficient (Wildman–Crippen LogP) is 2.61. The zero-order chi connectivity index (χ0) is 12.3. The predicted molar refractivity (Wildman–Crippen MR) is 76.2 cm³/mol. The summed E-state index contributed by atoms with van der Waals surface area (Å²) < 4.78 is 5.55. The lowest BCUT2D eigenvalue weighted by molar-refractivity contribution is 0.342. The lowest BCUT2D eigenvalue weighted by Gasteiger charge is -2.36. The van der Waals surface area contributed by atoms with Crippen LogP contribution in [0.4, 0.5) is 11.4 Å². The molecule has 2 N–H and O–H groups in total. The number of nitrogen functional groups attached to an aromatic ring is 1. The second kappa shape index (κ2) is 5.54. The minimum Gasteiger partial charge on any atom is -0.492 e. The Balaban J connectivity index is 2.27. The number of hydrogen-bond acceptors (Lipinski definition) is 4. The van der Waals surface area contributed by atoms with Gasteiger partial charge in [-0.1, -0.05) is 6.07 Å². The van der Waals surface area contributed by atoms with Gasteiger partial charge in [-0.3, -0.25) is 0 Å². The molecule has 0 amide bonds. The van der Waals surface area contributed by atoms with E-state index in [4.69, 9.17) is 10.5 Å². The molecule has 1 aliphatic rings. The van der Waals surface area contributed by atoms with Crippen LogP contribution < -0.4 is 15.4 Å². The molecular formula is C13H20N2OS. The summed E-state index contributed by atoms with van der Waals surface area (Å²) in [4.78, 5) is 2.38. The molecule has 1 aromatic rings. The number of hydrogen-bond donors (Lipinski definition) is 1. The minimum absolute atomic E-state index is 0.535. The monoisotopic (exact) mass is 252 g/mol. The van der Waals surface area contributed by atoms with Gasteiger partial charge in [0.25, 0.3) is 0 Å². The molecule has 1 unspecified atom stereocenters. The van der Waals surface area contributed by atoms with Crippen molar-refractivity contribution in [3.63, 3.8) is 0 Å². The molecule has 0 radical (unpaired) electrons. The average Bonchev–Trinajstić information content (AvgIpc) is 2.33. The van der Waals surface area contributed by atoms with Gasteiger partial charge >= 0.3 is 0 Å². The largest absolute Gasteiger partial charge is 0.492 e. The maximum absolute atomic E-state index is 6.19. The number of ether oxygens (including phenoxy) is 1. The highest BCUT2D eigenvalue weighted by molar-refractivity contribution is 7.99. The van der Waals surface area contributed by atoms with Crippen molar-refractivity contribution in [3.05, 3.63) is 18.2 Å². The van der Waals surface area contributed by atoms with Crippen molar-refractivity contribution in [2.45, 2.75) is 19.9 Å². The van der Waals surface area contributed by atoms with Crippen LogP contribution in [0.3, 0.4) is 0 Å². The van der Waals surface area contributed by atoms with Crippen LogP contribution in [0.25, 0.3) is 0 Å². The first kappa shape index (κ1) is 12.4. The second-order valence-electron chi connectivity index (χ2n) is 4.24. The number of thioether (sulfide) groups is 1. The number of nitrogens with two attached hydrogens (primary N) is 1. The van der Waals surface area contributed by atoms with Crippen molar-refractivity contribution in [2.24, 2.45) is 0 Å². The first-order valence-electron chi connectivity index (χ1n) is 6.09. The summed E-state index contributed by atoms with van der Waals surface area (Å²) >= 11 is 2.01. The maximum Gasteiger partial charge on any atom is 0.144 e. The van der Waals surface area contributed by atoms with E-state index in [1.165, 1.54) is 5.75 Å². The van der Waals surface area contributed by atoms with E-state index in [0.717, 1.165) is 29.4 Å². The van der Waals surface area contributed by atoms with E-state index in [9.17, 15) is 0 Å². The van der Waals surface area contributed by atoms with Crippen LogP contribution in [0, 0.1) is 0 Å². The number of benzene rings is 1. The smallest absolute Gasteiger partial charge is 0.144 e. The third-order valence-electron chi connectivity index (χ3n) is 3.02. The van der Waals surface area contributed by atoms with Gasteiger partial charge in [0.1, 0.15) is 5.75 Å². The van der Waals surface area contributed by atoms with Gasteiger partial charge < -0.3 is 15.4 Å². The second-order valence-corrected chi connectivity index (χ2v) is 5.39. The Labute approximate surface area is 107 Å². The van der Waals surface area contributed by atoms with Gasteiger partial charge in [-0.05, 0) is 26.0 Å². The van der Waals surface area contributed by atoms with E-state index in [2.05, 4.69) is 17.9 Å². The van der Waals surface area contributed by atoms with Crippen LogP contribution in [-0.2, 0) is 0 Å². The van der Waals surface area contributed by atoms with Crippen LogP contribution in [0.2, 0.25) is 0 Å². The summed E-state index contributed by atoms with van der Waals surface area (Å²) in [5.74, 6) is 3.14. The number of rotatable bonds is 3. The van der Waals surface area contributed by atoms with E-state index in [-0.39, 0.29) is 0 Å². The summed E-state index contributed by atoms with van der Waals surface area (Å²) in [6, 6.07) is 6.58. The van der Waals surface area contributed by atoms with Crippen molar-refractivity contribution in [1.82, 2.24) is 0 Å².